The predicted octanol–water partition coefficient (Wildman–Crippen LogP) is 1.81. The largest absolute Gasteiger partial charge is 0.508 e. The Hall–Kier alpha value is -4.19. The van der Waals surface area contributed by atoms with Gasteiger partial charge in [0.1, 0.15) is 28.7 Å². The molecule has 0 radical (unpaired) electrons. The number of amides is 2. The van der Waals surface area contributed by atoms with Crippen LogP contribution in [0.5, 0.6) is 5.75 Å². The van der Waals surface area contributed by atoms with Crippen molar-refractivity contribution in [2.75, 3.05) is 25.3 Å². The first kappa shape index (κ1) is 28.3. The van der Waals surface area contributed by atoms with E-state index in [0.29, 0.717) is 22.4 Å². The molecule has 3 aliphatic rings. The van der Waals surface area contributed by atoms with Crippen LogP contribution in [-0.2, 0) is 25.6 Å². The smallest absolute Gasteiger partial charge is 0.255 e. The second-order valence-electron chi connectivity index (χ2n) is 10.7. The van der Waals surface area contributed by atoms with Crippen LogP contribution in [0.25, 0.3) is 16.9 Å². The quantitative estimate of drug-likeness (QED) is 0.226. The average molecular weight is 582 g/mol. The van der Waals surface area contributed by atoms with E-state index in [0.717, 1.165) is 0 Å². The molecule has 0 spiro atoms. The molecule has 0 aliphatic heterocycles. The fourth-order valence-corrected chi connectivity index (χ4v) is 6.51. The number of aliphatic hydroxyl groups excluding tert-OH is 2. The Labute approximate surface area is 239 Å². The van der Waals surface area contributed by atoms with Crippen LogP contribution in [0.1, 0.15) is 17.5 Å². The number of benzene rings is 2. The lowest BCUT2D eigenvalue weighted by atomic mass is 9.57. The summed E-state index contributed by atoms with van der Waals surface area (Å²) < 4.78 is 0. The minimum atomic E-state index is -2.69. The second kappa shape index (κ2) is 10.0. The maximum absolute atomic E-state index is 13.9. The zero-order chi connectivity index (χ0) is 30.0. The third kappa shape index (κ3) is 4.19. The number of aliphatic hydroxyl groups is 3. The molecule has 0 saturated heterocycles. The van der Waals surface area contributed by atoms with Crippen molar-refractivity contribution in [2.45, 2.75) is 24.5 Å². The number of aromatic hydroxyl groups is 1. The normalized spacial score (nSPS) is 25.5. The third-order valence-corrected chi connectivity index (χ3v) is 8.45. The van der Waals surface area contributed by atoms with Crippen molar-refractivity contribution in [3.63, 3.8) is 0 Å². The zero-order valence-electron chi connectivity index (χ0n) is 22.1. The summed E-state index contributed by atoms with van der Waals surface area (Å²) in [5.41, 5.74) is 3.98. The van der Waals surface area contributed by atoms with Gasteiger partial charge in [0.15, 0.2) is 11.4 Å². The van der Waals surface area contributed by atoms with Gasteiger partial charge < -0.3 is 31.5 Å². The number of nitrogens with one attached hydrogen (secondary N) is 1. The fraction of sp³-hybridized carbons (Fsp3) is 0.310. The highest BCUT2D eigenvalue weighted by molar-refractivity contribution is 6.29. The van der Waals surface area contributed by atoms with Gasteiger partial charge in [-0.2, -0.15) is 0 Å². The van der Waals surface area contributed by atoms with Gasteiger partial charge >= 0.3 is 0 Å². The summed E-state index contributed by atoms with van der Waals surface area (Å²) in [7, 11) is 3.09. The molecule has 1 fully saturated rings. The number of alkyl halides is 1. The number of nitrogens with zero attached hydrogens (tertiary/aromatic N) is 1. The number of primary amides is 1. The van der Waals surface area contributed by atoms with Crippen molar-refractivity contribution in [3.05, 3.63) is 64.4 Å². The molecule has 2 amide bonds. The summed E-state index contributed by atoms with van der Waals surface area (Å²) in [5, 5.41) is 47.4. The average Bonchev–Trinajstić information content (AvgIpc) is 2.91. The first-order valence-corrected chi connectivity index (χ1v) is 13.3. The van der Waals surface area contributed by atoms with Crippen molar-refractivity contribution in [2.24, 2.45) is 17.6 Å². The van der Waals surface area contributed by atoms with E-state index >= 15 is 0 Å². The number of hydrogen-bond donors (Lipinski definition) is 6. The van der Waals surface area contributed by atoms with Gasteiger partial charge in [-0.15, -0.1) is 11.6 Å². The molecule has 214 valence electrons. The molecule has 5 rings (SSSR count). The van der Waals surface area contributed by atoms with E-state index in [1.165, 1.54) is 11.0 Å². The third-order valence-electron chi connectivity index (χ3n) is 8.21. The number of carbonyl (C=O) groups is 4. The Balaban J connectivity index is 1.65. The molecule has 1 saturated carbocycles. The van der Waals surface area contributed by atoms with E-state index < -0.39 is 58.0 Å². The Kier molecular flexibility index (Phi) is 6.93. The van der Waals surface area contributed by atoms with Crippen LogP contribution in [-0.4, -0.2) is 80.3 Å². The maximum atomic E-state index is 13.9. The molecule has 0 aromatic heterocycles. The van der Waals surface area contributed by atoms with Gasteiger partial charge in [0.2, 0.25) is 11.7 Å². The molecule has 7 N–H and O–H groups in total. The molecular formula is C29H28ClN3O8. The van der Waals surface area contributed by atoms with Gasteiger partial charge in [-0.1, -0.05) is 18.2 Å². The number of anilines is 1. The van der Waals surface area contributed by atoms with Gasteiger partial charge in [0, 0.05) is 17.2 Å². The van der Waals surface area contributed by atoms with Crippen molar-refractivity contribution >= 4 is 46.4 Å². The second-order valence-corrected chi connectivity index (χ2v) is 11.0. The van der Waals surface area contributed by atoms with Crippen LogP contribution in [0, 0.1) is 11.8 Å². The van der Waals surface area contributed by atoms with Gasteiger partial charge in [0.25, 0.3) is 5.91 Å². The molecule has 4 atom stereocenters. The van der Waals surface area contributed by atoms with Gasteiger partial charge in [-0.05, 0) is 67.7 Å². The monoisotopic (exact) mass is 581 g/mol. The standard InChI is InChI=1S/C29H28ClN3O8/c1-33(2)23-17-10-13-9-16-15(12-3-5-14(6-4-12)32-19(35)11-30)7-8-18(34)21(16)24(36)20(13)26(38)29(17,41)27(39)22(25(23)37)28(31)40/h3-8,13,17,23,34,36,39,41H,9-11H2,1-2H3,(H2,31,40)(H,32,35)/t13-,17-,23+,29-/m0/s1. The number of phenols is 1. The molecule has 41 heavy (non-hydrogen) atoms. The van der Waals surface area contributed by atoms with E-state index in [9.17, 15) is 39.6 Å². The van der Waals surface area contributed by atoms with E-state index in [4.69, 9.17) is 17.3 Å². The molecule has 2 aromatic carbocycles. The number of ketones is 2. The summed E-state index contributed by atoms with van der Waals surface area (Å²) in [5.74, 6) is -7.59. The molecule has 0 unspecified atom stereocenters. The van der Waals surface area contributed by atoms with Crippen LogP contribution in [0.2, 0.25) is 0 Å². The maximum Gasteiger partial charge on any atom is 0.255 e. The minimum Gasteiger partial charge on any atom is -0.508 e. The first-order chi connectivity index (χ1) is 19.3. The molecule has 2 aromatic rings. The van der Waals surface area contributed by atoms with Crippen LogP contribution in [0.15, 0.2) is 53.3 Å². The summed E-state index contributed by atoms with van der Waals surface area (Å²) in [6.45, 7) is 0. The SMILES string of the molecule is CN(C)[C@H]1C(=O)C(C(N)=O)=C(O)[C@@]2(O)C(=O)C3=C(O)c4c(O)ccc(-c5ccc(NC(=O)CCl)cc5)c4C[C@H]3C[C@@H]12. The number of halogens is 1. The van der Waals surface area contributed by atoms with E-state index in [-0.39, 0.29) is 41.5 Å². The lowest BCUT2D eigenvalue weighted by Crippen LogP contribution is -2.65. The number of rotatable bonds is 5. The topological polar surface area (TPSA) is 190 Å². The molecular weight excluding hydrogens is 554 g/mol. The van der Waals surface area contributed by atoms with Crippen LogP contribution >= 0.6 is 11.6 Å². The number of fused-ring (bicyclic) bond motifs is 3. The highest BCUT2D eigenvalue weighted by Crippen LogP contribution is 2.53. The highest BCUT2D eigenvalue weighted by Gasteiger charge is 2.64. The van der Waals surface area contributed by atoms with E-state index in [2.05, 4.69) is 5.32 Å². The van der Waals surface area contributed by atoms with Gasteiger partial charge in [0.05, 0.1) is 11.6 Å². The molecule has 0 heterocycles. The molecule has 3 aliphatic carbocycles. The zero-order valence-corrected chi connectivity index (χ0v) is 22.9. The van der Waals surface area contributed by atoms with Crippen LogP contribution in [0.4, 0.5) is 5.69 Å². The Bertz CT molecular complexity index is 1580. The molecule has 11 nitrogen and oxygen atoms in total. The summed E-state index contributed by atoms with van der Waals surface area (Å²) in [4.78, 5) is 52.4. The van der Waals surface area contributed by atoms with Crippen LogP contribution in [0.3, 0.4) is 0 Å². The first-order valence-electron chi connectivity index (χ1n) is 12.8. The number of carbonyl (C=O) groups excluding carboxylic acids is 4. The van der Waals surface area contributed by atoms with E-state index in [1.807, 2.05) is 0 Å². The number of hydrogen-bond acceptors (Lipinski definition) is 9. The number of phenolic OH excluding ortho intramolecular Hbond substituents is 1. The minimum absolute atomic E-state index is 0.00157. The van der Waals surface area contributed by atoms with E-state index in [1.54, 1.807) is 44.4 Å². The van der Waals surface area contributed by atoms with Crippen molar-refractivity contribution in [1.29, 1.82) is 0 Å². The van der Waals surface area contributed by atoms with Gasteiger partial charge in [-0.3, -0.25) is 24.1 Å². The molecule has 0 bridgehead atoms. The number of likely N-dealkylation sites (N-methyl/N-ethyl adjacent to an activating group) is 1. The Morgan fingerprint density at radius 3 is 2.34 bits per heavy atom. The number of Topliss-reactive ketones (excluding diaryl/α,β-unsaturated/α-hetero) is 2. The Morgan fingerprint density at radius 2 is 1.76 bits per heavy atom. The summed E-state index contributed by atoms with van der Waals surface area (Å²) in [6.07, 6.45) is 0.146. The van der Waals surface area contributed by atoms with Gasteiger partial charge in [-0.25, -0.2) is 0 Å². The number of nitrogens with two attached hydrogens (primary N) is 1. The fourth-order valence-electron chi connectivity index (χ4n) is 6.44. The summed E-state index contributed by atoms with van der Waals surface area (Å²) >= 11 is 5.56. The van der Waals surface area contributed by atoms with Crippen LogP contribution < -0.4 is 11.1 Å². The summed E-state index contributed by atoms with van der Waals surface area (Å²) in [6, 6.07) is 8.71. The Morgan fingerprint density at radius 1 is 1.10 bits per heavy atom. The molecule has 12 heteroatoms. The lowest BCUT2D eigenvalue weighted by Gasteiger charge is -2.50. The predicted molar refractivity (Wildman–Crippen MR) is 149 cm³/mol. The van der Waals surface area contributed by atoms with Crippen molar-refractivity contribution < 1.29 is 39.6 Å². The highest BCUT2D eigenvalue weighted by atomic mass is 35.5. The van der Waals surface area contributed by atoms with Crippen molar-refractivity contribution in [3.8, 4) is 16.9 Å². The lowest BCUT2D eigenvalue weighted by molar-refractivity contribution is -0.153. The van der Waals surface area contributed by atoms with Crippen molar-refractivity contribution in [1.82, 2.24) is 4.90 Å².